The molecule has 0 saturated heterocycles. The van der Waals surface area contributed by atoms with Crippen LogP contribution in [0.1, 0.15) is 151 Å². The molecule has 4 unspecified atom stereocenters. The lowest BCUT2D eigenvalue weighted by atomic mass is 9.66. The SMILES string of the molecule is COCOc1ccc(C2(C)COc3cc(OCOC)ccc3C2CCCCCCCCCN=[N+]=[N-])cc1.COCOc1ccc(C2(C)COc3cc(OCOC)ccc3C2CCCCCCCCCOS(C)(=O)=O)cc1. The fraction of sp³-hybridized carbons (Fsp3) is 0.593. The summed E-state index contributed by atoms with van der Waals surface area (Å²) < 4.78 is 82.2. The van der Waals surface area contributed by atoms with Crippen LogP contribution in [0.4, 0.5) is 0 Å². The summed E-state index contributed by atoms with van der Waals surface area (Å²) in [6, 6.07) is 28.8. The van der Waals surface area contributed by atoms with Gasteiger partial charge in [-0.25, -0.2) is 0 Å². The first-order chi connectivity index (χ1) is 36.9. The van der Waals surface area contributed by atoms with Crippen molar-refractivity contribution in [3.8, 4) is 34.5 Å². The summed E-state index contributed by atoms with van der Waals surface area (Å²) in [6.07, 6.45) is 18.8. The van der Waals surface area contributed by atoms with Crippen molar-refractivity contribution in [3.05, 3.63) is 118 Å². The molecule has 4 aromatic carbocycles. The van der Waals surface area contributed by atoms with Gasteiger partial charge < -0.3 is 47.4 Å². The maximum Gasteiger partial charge on any atom is 0.264 e. The molecule has 0 aromatic heterocycles. The molecule has 0 N–H and O–H groups in total. The molecule has 420 valence electrons. The van der Waals surface area contributed by atoms with Gasteiger partial charge in [-0.3, -0.25) is 4.18 Å². The molecular formula is C59H85N3O13S. The Balaban J connectivity index is 0.000000281. The lowest BCUT2D eigenvalue weighted by Gasteiger charge is -2.43. The van der Waals surface area contributed by atoms with Crippen LogP contribution in [0.25, 0.3) is 10.4 Å². The Bertz CT molecular complexity index is 2440. The highest BCUT2D eigenvalue weighted by molar-refractivity contribution is 7.85. The lowest BCUT2D eigenvalue weighted by Crippen LogP contribution is -2.40. The zero-order chi connectivity index (χ0) is 54.5. The molecule has 2 heterocycles. The number of hydrogen-bond donors (Lipinski definition) is 0. The van der Waals surface area contributed by atoms with Gasteiger partial charge in [-0.05, 0) is 89.9 Å². The minimum absolute atomic E-state index is 0.164. The maximum absolute atomic E-state index is 11.0. The minimum Gasteiger partial charge on any atom is -0.492 e. The molecule has 0 bridgehead atoms. The Labute approximate surface area is 453 Å². The Kier molecular flexibility index (Phi) is 26.8. The Hall–Kier alpha value is -5.26. The lowest BCUT2D eigenvalue weighted by molar-refractivity contribution is 0.0504. The summed E-state index contributed by atoms with van der Waals surface area (Å²) in [7, 11) is 3.12. The van der Waals surface area contributed by atoms with E-state index in [0.717, 1.165) is 118 Å². The third-order valence-corrected chi connectivity index (χ3v) is 15.1. The molecule has 4 atom stereocenters. The van der Waals surface area contributed by atoms with Crippen LogP contribution in [-0.2, 0) is 44.1 Å². The van der Waals surface area contributed by atoms with E-state index in [2.05, 4.69) is 60.3 Å². The van der Waals surface area contributed by atoms with Crippen molar-refractivity contribution in [1.82, 2.24) is 0 Å². The summed E-state index contributed by atoms with van der Waals surface area (Å²) >= 11 is 0. The molecule has 2 aliphatic heterocycles. The highest BCUT2D eigenvalue weighted by atomic mass is 32.2. The quantitative estimate of drug-likeness (QED) is 0.0106. The largest absolute Gasteiger partial charge is 0.492 e. The summed E-state index contributed by atoms with van der Waals surface area (Å²) in [5.41, 5.74) is 12.9. The third-order valence-electron chi connectivity index (χ3n) is 14.5. The van der Waals surface area contributed by atoms with Crippen LogP contribution in [-0.4, -0.2) is 96.6 Å². The van der Waals surface area contributed by atoms with Crippen LogP contribution >= 0.6 is 0 Å². The number of unbranched alkanes of at least 4 members (excludes halogenated alkanes) is 12. The van der Waals surface area contributed by atoms with Crippen LogP contribution in [0.3, 0.4) is 0 Å². The molecule has 0 radical (unpaired) electrons. The molecule has 2 aliphatic rings. The second-order valence-electron chi connectivity index (χ2n) is 20.2. The van der Waals surface area contributed by atoms with E-state index >= 15 is 0 Å². The molecule has 0 aliphatic carbocycles. The number of fused-ring (bicyclic) bond motifs is 2. The summed E-state index contributed by atoms with van der Waals surface area (Å²) in [5, 5.41) is 3.61. The van der Waals surface area contributed by atoms with E-state index < -0.39 is 10.1 Å². The number of nitrogens with zero attached hydrogens (tertiary/aromatic N) is 3. The van der Waals surface area contributed by atoms with E-state index in [1.54, 1.807) is 28.4 Å². The van der Waals surface area contributed by atoms with Crippen molar-refractivity contribution < 1.29 is 60.0 Å². The van der Waals surface area contributed by atoms with Crippen molar-refractivity contribution in [2.24, 2.45) is 5.11 Å². The third kappa shape index (κ3) is 19.6. The molecule has 17 heteroatoms. The van der Waals surface area contributed by atoms with Gasteiger partial charge in [-0.1, -0.05) is 132 Å². The molecule has 0 amide bonds. The van der Waals surface area contributed by atoms with Crippen molar-refractivity contribution >= 4 is 10.1 Å². The second kappa shape index (κ2) is 33.1. The van der Waals surface area contributed by atoms with Crippen LogP contribution in [0.15, 0.2) is 90.0 Å². The first-order valence-electron chi connectivity index (χ1n) is 27.0. The number of methoxy groups -OCH3 is 4. The predicted molar refractivity (Wildman–Crippen MR) is 296 cm³/mol. The van der Waals surface area contributed by atoms with E-state index in [-0.39, 0.29) is 50.5 Å². The molecule has 0 fully saturated rings. The minimum atomic E-state index is -3.34. The Morgan fingerprint density at radius 3 is 1.26 bits per heavy atom. The van der Waals surface area contributed by atoms with Crippen molar-refractivity contribution in [1.29, 1.82) is 0 Å². The van der Waals surface area contributed by atoms with Gasteiger partial charge in [0.25, 0.3) is 10.1 Å². The van der Waals surface area contributed by atoms with Crippen LogP contribution < -0.4 is 28.4 Å². The van der Waals surface area contributed by atoms with Gasteiger partial charge >= 0.3 is 0 Å². The van der Waals surface area contributed by atoms with Gasteiger partial charge in [0.05, 0.1) is 26.1 Å². The zero-order valence-electron chi connectivity index (χ0n) is 46.3. The van der Waals surface area contributed by atoms with Crippen molar-refractivity contribution in [2.45, 2.75) is 139 Å². The van der Waals surface area contributed by atoms with Gasteiger partial charge in [0.1, 0.15) is 34.5 Å². The number of benzene rings is 4. The summed E-state index contributed by atoms with van der Waals surface area (Å²) in [4.78, 5) is 2.81. The molecule has 0 saturated carbocycles. The van der Waals surface area contributed by atoms with Gasteiger partial charge in [0.15, 0.2) is 27.2 Å². The normalized spacial score (nSPS) is 18.6. The fourth-order valence-electron chi connectivity index (χ4n) is 10.3. The molecule has 16 nitrogen and oxygen atoms in total. The van der Waals surface area contributed by atoms with E-state index in [9.17, 15) is 8.42 Å². The topological polar surface area (TPSA) is 184 Å². The highest BCUT2D eigenvalue weighted by Gasteiger charge is 2.43. The van der Waals surface area contributed by atoms with Gasteiger partial charge in [-0.15, -0.1) is 0 Å². The van der Waals surface area contributed by atoms with Crippen molar-refractivity contribution in [3.63, 3.8) is 0 Å². The number of azide groups is 1. The first kappa shape index (κ1) is 61.6. The van der Waals surface area contributed by atoms with E-state index in [0.29, 0.717) is 25.7 Å². The zero-order valence-corrected chi connectivity index (χ0v) is 47.1. The molecule has 4 aromatic rings. The standard InChI is InChI=1S/C30H44O8S.C29H41N3O5/c1-30(24-13-15-25(16-14-24)36-22-33-2)21-35-29-20-26(37-23-34-3)17-18-27(29)28(30)12-10-8-6-5-7-9-11-19-38-39(4,31)32;1-29(23-12-14-24(15-13-23)36-21-33-2)20-35-28-19-25(37-22-34-3)16-17-26(28)27(29)11-9-7-5-4-6-8-10-18-31-32-30/h13-18,20,28H,5-12,19,21-23H2,1-4H3;12-17,19,27H,4-11,18,20-22H2,1-3H3. The number of ether oxygens (including phenoxy) is 10. The van der Waals surface area contributed by atoms with Gasteiger partial charge in [-0.2, -0.15) is 8.42 Å². The van der Waals surface area contributed by atoms with E-state index in [1.165, 1.54) is 47.9 Å². The summed E-state index contributed by atoms with van der Waals surface area (Å²) in [6.45, 7) is 7.52. The molecule has 0 spiro atoms. The monoisotopic (exact) mass is 1080 g/mol. The molecule has 6 rings (SSSR count). The average Bonchev–Trinajstić information content (AvgIpc) is 3.43. The first-order valence-corrected chi connectivity index (χ1v) is 28.8. The van der Waals surface area contributed by atoms with Crippen molar-refractivity contribution in [2.75, 3.05) is 88.2 Å². The van der Waals surface area contributed by atoms with E-state index in [1.807, 2.05) is 48.5 Å². The maximum atomic E-state index is 11.0. The number of hydrogen-bond acceptors (Lipinski definition) is 14. The van der Waals surface area contributed by atoms with E-state index in [4.69, 9.17) is 57.1 Å². The Morgan fingerprint density at radius 2 is 0.882 bits per heavy atom. The van der Waals surface area contributed by atoms with Gasteiger partial charge in [0.2, 0.25) is 0 Å². The highest BCUT2D eigenvalue weighted by Crippen LogP contribution is 2.51. The predicted octanol–water partition coefficient (Wildman–Crippen LogP) is 13.7. The smallest absolute Gasteiger partial charge is 0.264 e. The van der Waals surface area contributed by atoms with Crippen LogP contribution in [0.5, 0.6) is 34.5 Å². The second-order valence-corrected chi connectivity index (χ2v) is 21.8. The average molecular weight is 1080 g/mol. The summed E-state index contributed by atoms with van der Waals surface area (Å²) in [5.74, 6) is 5.45. The van der Waals surface area contributed by atoms with Crippen LogP contribution in [0.2, 0.25) is 0 Å². The fourth-order valence-corrected chi connectivity index (χ4v) is 10.7. The van der Waals surface area contributed by atoms with Gasteiger partial charge in [0, 0.05) is 74.7 Å². The Morgan fingerprint density at radius 1 is 0.526 bits per heavy atom. The van der Waals surface area contributed by atoms with Crippen LogP contribution in [0, 0.1) is 0 Å². The number of rotatable bonds is 35. The molecular weight excluding hydrogens is 991 g/mol. The molecule has 76 heavy (non-hydrogen) atoms.